The van der Waals surface area contributed by atoms with E-state index < -0.39 is 0 Å². The molecule has 1 aliphatic rings. The van der Waals surface area contributed by atoms with Crippen molar-refractivity contribution in [2.45, 2.75) is 37.5 Å². The van der Waals surface area contributed by atoms with Gasteiger partial charge in [0.05, 0.1) is 0 Å². The fraction of sp³-hybridized carbons (Fsp3) is 0.500. The first-order valence-corrected chi connectivity index (χ1v) is 7.97. The zero-order chi connectivity index (χ0) is 12.8. The number of thioether (sulfide) groups is 1. The Bertz CT molecular complexity index is 381. The van der Waals surface area contributed by atoms with E-state index in [-0.39, 0.29) is 0 Å². The molecule has 0 aromatic heterocycles. The van der Waals surface area contributed by atoms with Crippen LogP contribution in [0.3, 0.4) is 0 Å². The molecule has 0 spiro atoms. The zero-order valence-electron chi connectivity index (χ0n) is 10.7. The van der Waals surface area contributed by atoms with Crippen LogP contribution in [-0.4, -0.2) is 22.2 Å². The molecule has 0 bridgehead atoms. The topological polar surface area (TPSA) is 24.1 Å². The van der Waals surface area contributed by atoms with Crippen molar-refractivity contribution in [1.82, 2.24) is 5.32 Å². The van der Waals surface area contributed by atoms with E-state index in [4.69, 9.17) is 12.2 Å². The van der Waals surface area contributed by atoms with Gasteiger partial charge in [-0.05, 0) is 49.4 Å². The van der Waals surface area contributed by atoms with Gasteiger partial charge in [-0.3, -0.25) is 0 Å². The first kappa shape index (κ1) is 13.7. The maximum Gasteiger partial charge on any atom is 0.170 e. The lowest BCUT2D eigenvalue weighted by atomic mass is 10.2. The zero-order valence-corrected chi connectivity index (χ0v) is 12.3. The third-order valence-electron chi connectivity index (χ3n) is 3.15. The molecule has 2 unspecified atom stereocenters. The molecule has 1 aliphatic carbocycles. The number of para-hydroxylation sites is 1. The summed E-state index contributed by atoms with van der Waals surface area (Å²) in [4.78, 5) is 0. The molecule has 1 aromatic carbocycles. The summed E-state index contributed by atoms with van der Waals surface area (Å²) in [5.41, 5.74) is 1.05. The summed E-state index contributed by atoms with van der Waals surface area (Å²) in [6, 6.07) is 10.6. The van der Waals surface area contributed by atoms with Gasteiger partial charge in [0.15, 0.2) is 5.11 Å². The van der Waals surface area contributed by atoms with Crippen molar-refractivity contribution in [2.24, 2.45) is 0 Å². The summed E-state index contributed by atoms with van der Waals surface area (Å²) < 4.78 is 0. The van der Waals surface area contributed by atoms with Gasteiger partial charge in [0.1, 0.15) is 0 Å². The highest BCUT2D eigenvalue weighted by Crippen LogP contribution is 2.29. The second-order valence-electron chi connectivity index (χ2n) is 4.55. The first-order valence-electron chi connectivity index (χ1n) is 6.52. The molecule has 1 saturated carbocycles. The van der Waals surface area contributed by atoms with E-state index >= 15 is 0 Å². The molecule has 1 fully saturated rings. The van der Waals surface area contributed by atoms with Crippen molar-refractivity contribution in [3.63, 3.8) is 0 Å². The van der Waals surface area contributed by atoms with Gasteiger partial charge >= 0.3 is 0 Å². The standard InChI is InChI=1S/C14H20N2S2/c1-2-18-13-9-8-12(10-13)16-14(17)15-11-6-4-3-5-7-11/h3-7,12-13H,2,8-10H2,1H3,(H2,15,16,17). The van der Waals surface area contributed by atoms with E-state index in [9.17, 15) is 0 Å². The van der Waals surface area contributed by atoms with Crippen LogP contribution in [0, 0.1) is 0 Å². The molecule has 0 aliphatic heterocycles. The Labute approximate surface area is 119 Å². The van der Waals surface area contributed by atoms with Crippen LogP contribution in [0.5, 0.6) is 0 Å². The van der Waals surface area contributed by atoms with Crippen molar-refractivity contribution < 1.29 is 0 Å². The summed E-state index contributed by atoms with van der Waals surface area (Å²) in [6.07, 6.45) is 3.77. The van der Waals surface area contributed by atoms with Gasteiger partial charge < -0.3 is 10.6 Å². The minimum Gasteiger partial charge on any atom is -0.360 e. The minimum atomic E-state index is 0.540. The Morgan fingerprint density at radius 2 is 2.11 bits per heavy atom. The summed E-state index contributed by atoms with van der Waals surface area (Å²) in [5, 5.41) is 8.21. The number of benzene rings is 1. The Balaban J connectivity index is 1.75. The highest BCUT2D eigenvalue weighted by molar-refractivity contribution is 7.99. The molecular formula is C14H20N2S2. The molecule has 4 heteroatoms. The lowest BCUT2D eigenvalue weighted by Gasteiger charge is -2.16. The van der Waals surface area contributed by atoms with Crippen LogP contribution in [0.15, 0.2) is 30.3 Å². The van der Waals surface area contributed by atoms with Crippen LogP contribution in [0.25, 0.3) is 0 Å². The molecule has 2 N–H and O–H groups in total. The fourth-order valence-electron chi connectivity index (χ4n) is 2.33. The van der Waals surface area contributed by atoms with E-state index in [1.54, 1.807) is 0 Å². The predicted octanol–water partition coefficient (Wildman–Crippen LogP) is 3.65. The largest absolute Gasteiger partial charge is 0.360 e. The molecule has 1 aromatic rings. The second kappa shape index (κ2) is 7.00. The van der Waals surface area contributed by atoms with Crippen LogP contribution >= 0.6 is 24.0 Å². The monoisotopic (exact) mass is 280 g/mol. The van der Waals surface area contributed by atoms with E-state index in [0.717, 1.165) is 16.0 Å². The average Bonchev–Trinajstić information content (AvgIpc) is 2.78. The minimum absolute atomic E-state index is 0.540. The van der Waals surface area contributed by atoms with E-state index in [2.05, 4.69) is 29.3 Å². The third-order valence-corrected chi connectivity index (χ3v) is 4.61. The van der Waals surface area contributed by atoms with Gasteiger partial charge in [0.2, 0.25) is 0 Å². The number of hydrogen-bond acceptors (Lipinski definition) is 2. The Hall–Kier alpha value is -0.740. The number of hydrogen-bond donors (Lipinski definition) is 2. The van der Waals surface area contributed by atoms with E-state index in [0.29, 0.717) is 6.04 Å². The molecule has 0 amide bonds. The number of nitrogens with one attached hydrogen (secondary N) is 2. The summed E-state index contributed by atoms with van der Waals surface area (Å²) in [7, 11) is 0. The molecule has 0 radical (unpaired) electrons. The molecule has 0 heterocycles. The van der Waals surface area contributed by atoms with Gasteiger partial charge in [-0.1, -0.05) is 25.1 Å². The molecular weight excluding hydrogens is 260 g/mol. The smallest absolute Gasteiger partial charge is 0.170 e. The highest BCUT2D eigenvalue weighted by atomic mass is 32.2. The number of rotatable bonds is 4. The lowest BCUT2D eigenvalue weighted by Crippen LogP contribution is -2.36. The molecule has 2 rings (SSSR count). The van der Waals surface area contributed by atoms with Gasteiger partial charge in [-0.2, -0.15) is 11.8 Å². The maximum absolute atomic E-state index is 5.35. The van der Waals surface area contributed by atoms with Crippen molar-refractivity contribution >= 4 is 34.8 Å². The molecule has 2 nitrogen and oxygen atoms in total. The van der Waals surface area contributed by atoms with Gasteiger partial charge in [0, 0.05) is 17.0 Å². The number of thiocarbonyl (C=S) groups is 1. The van der Waals surface area contributed by atoms with Crippen molar-refractivity contribution in [2.75, 3.05) is 11.1 Å². The summed E-state index contributed by atoms with van der Waals surface area (Å²) in [6.45, 7) is 2.23. The van der Waals surface area contributed by atoms with Crippen LogP contribution in [0.4, 0.5) is 5.69 Å². The molecule has 18 heavy (non-hydrogen) atoms. The van der Waals surface area contributed by atoms with Crippen molar-refractivity contribution in [3.05, 3.63) is 30.3 Å². The second-order valence-corrected chi connectivity index (χ2v) is 6.54. The Kier molecular flexibility index (Phi) is 5.32. The van der Waals surface area contributed by atoms with Gasteiger partial charge in [-0.15, -0.1) is 0 Å². The van der Waals surface area contributed by atoms with Crippen LogP contribution in [-0.2, 0) is 0 Å². The molecule has 2 atom stereocenters. The maximum atomic E-state index is 5.35. The summed E-state index contributed by atoms with van der Waals surface area (Å²) in [5.74, 6) is 1.21. The number of anilines is 1. The van der Waals surface area contributed by atoms with Gasteiger partial charge in [-0.25, -0.2) is 0 Å². The SMILES string of the molecule is CCSC1CCC(NC(=S)Nc2ccccc2)C1. The van der Waals surface area contributed by atoms with Crippen LogP contribution in [0.2, 0.25) is 0 Å². The third kappa shape index (κ3) is 4.18. The van der Waals surface area contributed by atoms with Gasteiger partial charge in [0.25, 0.3) is 0 Å². The Morgan fingerprint density at radius 3 is 2.83 bits per heavy atom. The van der Waals surface area contributed by atoms with Crippen LogP contribution < -0.4 is 10.6 Å². The van der Waals surface area contributed by atoms with E-state index in [1.165, 1.54) is 25.0 Å². The van der Waals surface area contributed by atoms with Crippen molar-refractivity contribution in [1.29, 1.82) is 0 Å². The lowest BCUT2D eigenvalue weighted by molar-refractivity contribution is 0.636. The summed E-state index contributed by atoms with van der Waals surface area (Å²) >= 11 is 7.42. The fourth-order valence-corrected chi connectivity index (χ4v) is 3.76. The quantitative estimate of drug-likeness (QED) is 0.822. The first-order chi connectivity index (χ1) is 8.78. The van der Waals surface area contributed by atoms with E-state index in [1.807, 2.05) is 30.3 Å². The average molecular weight is 280 g/mol. The highest BCUT2D eigenvalue weighted by Gasteiger charge is 2.24. The molecule has 0 saturated heterocycles. The van der Waals surface area contributed by atoms with Crippen LogP contribution in [0.1, 0.15) is 26.2 Å². The van der Waals surface area contributed by atoms with Crippen molar-refractivity contribution in [3.8, 4) is 0 Å². The molecule has 98 valence electrons. The Morgan fingerprint density at radius 1 is 1.33 bits per heavy atom. The normalized spacial score (nSPS) is 22.7. The predicted molar refractivity (Wildman–Crippen MR) is 85.4 cm³/mol.